The molecule has 0 aliphatic carbocycles. The predicted molar refractivity (Wildman–Crippen MR) is 101 cm³/mol. The molecule has 2 heterocycles. The van der Waals surface area contributed by atoms with E-state index in [-0.39, 0.29) is 12.1 Å². The fraction of sp³-hybridized carbons (Fsp3) is 0.550. The number of aromatic nitrogens is 2. The Morgan fingerprint density at radius 2 is 1.93 bits per heavy atom. The Balaban J connectivity index is 1.67. The third-order valence-electron chi connectivity index (χ3n) is 4.36. The van der Waals surface area contributed by atoms with Crippen molar-refractivity contribution in [2.45, 2.75) is 58.3 Å². The lowest BCUT2D eigenvalue weighted by molar-refractivity contribution is 0.0217. The van der Waals surface area contributed by atoms with Gasteiger partial charge in [0.25, 0.3) is 5.89 Å². The number of carbonyl (C=O) groups is 1. The number of rotatable bonds is 5. The number of carbonyl (C=O) groups excluding carboxylic acids is 1. The van der Waals surface area contributed by atoms with Gasteiger partial charge in [0, 0.05) is 6.54 Å². The molecule has 152 valence electrons. The van der Waals surface area contributed by atoms with Gasteiger partial charge in [-0.1, -0.05) is 5.16 Å². The molecule has 0 spiro atoms. The monoisotopic (exact) mass is 389 g/mol. The zero-order chi connectivity index (χ0) is 20.3. The van der Waals surface area contributed by atoms with Gasteiger partial charge in [-0.25, -0.2) is 4.79 Å². The van der Waals surface area contributed by atoms with Crippen LogP contribution in [-0.2, 0) is 4.74 Å². The van der Waals surface area contributed by atoms with Crippen LogP contribution < -0.4 is 9.47 Å². The van der Waals surface area contributed by atoms with E-state index in [9.17, 15) is 4.79 Å². The Labute approximate surface area is 164 Å². The summed E-state index contributed by atoms with van der Waals surface area (Å²) in [5.41, 5.74) is -0.548. The molecule has 1 aliphatic heterocycles. The van der Waals surface area contributed by atoms with Crippen molar-refractivity contribution in [2.24, 2.45) is 0 Å². The Bertz CT molecular complexity index is 797. The van der Waals surface area contributed by atoms with E-state index in [0.29, 0.717) is 24.0 Å². The second-order valence-electron chi connectivity index (χ2n) is 7.76. The molecule has 2 atom stereocenters. The van der Waals surface area contributed by atoms with Gasteiger partial charge < -0.3 is 18.7 Å². The molecule has 3 rings (SSSR count). The van der Waals surface area contributed by atoms with Crippen molar-refractivity contribution in [3.8, 4) is 11.5 Å². The van der Waals surface area contributed by atoms with E-state index in [1.807, 2.05) is 52.0 Å². The predicted octanol–water partition coefficient (Wildman–Crippen LogP) is 4.29. The third kappa shape index (κ3) is 4.74. The van der Waals surface area contributed by atoms with Crippen LogP contribution in [-0.4, -0.2) is 40.4 Å². The molecular formula is C20H27N3O5. The second-order valence-corrected chi connectivity index (χ2v) is 7.76. The van der Waals surface area contributed by atoms with Gasteiger partial charge >= 0.3 is 6.09 Å². The zero-order valence-corrected chi connectivity index (χ0v) is 17.0. The molecule has 28 heavy (non-hydrogen) atoms. The Hall–Kier alpha value is -2.77. The summed E-state index contributed by atoms with van der Waals surface area (Å²) >= 11 is 0. The Morgan fingerprint density at radius 1 is 1.25 bits per heavy atom. The first kappa shape index (κ1) is 20.0. The van der Waals surface area contributed by atoms with Crippen LogP contribution >= 0.6 is 0 Å². The molecule has 1 saturated heterocycles. The molecule has 0 saturated carbocycles. The number of hydrogen-bond donors (Lipinski definition) is 0. The summed E-state index contributed by atoms with van der Waals surface area (Å²) in [6.07, 6.45) is 0.854. The highest BCUT2D eigenvalue weighted by molar-refractivity contribution is 5.69. The summed E-state index contributed by atoms with van der Waals surface area (Å²) in [6, 6.07) is 7.01. The molecule has 1 aromatic heterocycles. The van der Waals surface area contributed by atoms with Crippen molar-refractivity contribution in [1.82, 2.24) is 15.0 Å². The molecule has 0 unspecified atom stereocenters. The van der Waals surface area contributed by atoms with Crippen LogP contribution in [0.3, 0.4) is 0 Å². The third-order valence-corrected chi connectivity index (χ3v) is 4.36. The zero-order valence-electron chi connectivity index (χ0n) is 17.0. The van der Waals surface area contributed by atoms with Crippen molar-refractivity contribution >= 4 is 6.09 Å². The van der Waals surface area contributed by atoms with Crippen molar-refractivity contribution in [1.29, 1.82) is 0 Å². The molecule has 0 radical (unpaired) electrons. The summed E-state index contributed by atoms with van der Waals surface area (Å²) < 4.78 is 21.9. The number of amides is 1. The summed E-state index contributed by atoms with van der Waals surface area (Å²) in [5, 5.41) is 4.08. The first-order chi connectivity index (χ1) is 13.3. The number of methoxy groups -OCH3 is 1. The van der Waals surface area contributed by atoms with E-state index >= 15 is 0 Å². The summed E-state index contributed by atoms with van der Waals surface area (Å²) in [5.74, 6) is 2.26. The van der Waals surface area contributed by atoms with E-state index in [1.165, 1.54) is 0 Å². The van der Waals surface area contributed by atoms with E-state index < -0.39 is 11.7 Å². The molecule has 8 nitrogen and oxygen atoms in total. The molecule has 0 N–H and O–H groups in total. The highest BCUT2D eigenvalue weighted by Gasteiger charge is 2.36. The van der Waals surface area contributed by atoms with Crippen molar-refractivity contribution in [2.75, 3.05) is 13.7 Å². The van der Waals surface area contributed by atoms with Crippen molar-refractivity contribution < 1.29 is 23.5 Å². The topological polar surface area (TPSA) is 86.9 Å². The summed E-state index contributed by atoms with van der Waals surface area (Å²) in [6.45, 7) is 7.99. The molecule has 1 aliphatic rings. The van der Waals surface area contributed by atoms with Crippen LogP contribution in [0.4, 0.5) is 4.79 Å². The van der Waals surface area contributed by atoms with E-state index in [2.05, 4.69) is 10.1 Å². The van der Waals surface area contributed by atoms with Crippen molar-refractivity contribution in [3.05, 3.63) is 36.0 Å². The average Bonchev–Trinajstić information content (AvgIpc) is 3.30. The lowest BCUT2D eigenvalue weighted by Crippen LogP contribution is -2.36. The molecule has 1 fully saturated rings. The minimum atomic E-state index is -0.548. The Kier molecular flexibility index (Phi) is 5.76. The molecule has 0 bridgehead atoms. The molecule has 1 aromatic carbocycles. The smallest absolute Gasteiger partial charge is 0.410 e. The van der Waals surface area contributed by atoms with Gasteiger partial charge in [0.1, 0.15) is 17.1 Å². The van der Waals surface area contributed by atoms with Crippen molar-refractivity contribution in [3.63, 3.8) is 0 Å². The van der Waals surface area contributed by atoms with Crippen LogP contribution in [0.1, 0.15) is 64.4 Å². The minimum Gasteiger partial charge on any atom is -0.497 e. The molecule has 8 heteroatoms. The lowest BCUT2D eigenvalue weighted by atomic mass is 10.2. The molecule has 1 amide bonds. The van der Waals surface area contributed by atoms with Crippen LogP contribution in [0.2, 0.25) is 0 Å². The highest BCUT2D eigenvalue weighted by Crippen LogP contribution is 2.32. The quantitative estimate of drug-likeness (QED) is 0.754. The van der Waals surface area contributed by atoms with Gasteiger partial charge in [-0.2, -0.15) is 4.98 Å². The van der Waals surface area contributed by atoms with Crippen LogP contribution in [0.25, 0.3) is 0 Å². The molecule has 2 aromatic rings. The summed E-state index contributed by atoms with van der Waals surface area (Å²) in [4.78, 5) is 18.6. The standard InChI is InChI=1S/C20H27N3O5/c1-13(26-15-10-8-14(25-5)9-11-15)18-21-17(22-28-18)16-7-6-12-23(16)19(24)27-20(2,3)4/h8-11,13,16H,6-7,12H2,1-5H3/t13-,16+/m0/s1. The largest absolute Gasteiger partial charge is 0.497 e. The average molecular weight is 389 g/mol. The maximum atomic E-state index is 12.5. The number of ether oxygens (including phenoxy) is 3. The van der Waals surface area contributed by atoms with Gasteiger partial charge in [-0.15, -0.1) is 0 Å². The van der Waals surface area contributed by atoms with Gasteiger partial charge in [0.15, 0.2) is 11.9 Å². The normalized spacial score (nSPS) is 18.0. The van der Waals surface area contributed by atoms with Crippen LogP contribution in [0.15, 0.2) is 28.8 Å². The fourth-order valence-electron chi connectivity index (χ4n) is 3.03. The van der Waals surface area contributed by atoms with Gasteiger partial charge in [-0.3, -0.25) is 4.90 Å². The van der Waals surface area contributed by atoms with E-state index in [4.69, 9.17) is 18.7 Å². The van der Waals surface area contributed by atoms with Gasteiger partial charge in [0.05, 0.1) is 13.2 Å². The highest BCUT2D eigenvalue weighted by atomic mass is 16.6. The van der Waals surface area contributed by atoms with Gasteiger partial charge in [0.2, 0.25) is 0 Å². The maximum absolute atomic E-state index is 12.5. The first-order valence-electron chi connectivity index (χ1n) is 9.40. The number of nitrogens with zero attached hydrogens (tertiary/aromatic N) is 3. The second kappa shape index (κ2) is 8.08. The number of likely N-dealkylation sites (tertiary alicyclic amines) is 1. The van der Waals surface area contributed by atoms with Crippen LogP contribution in [0, 0.1) is 0 Å². The number of benzene rings is 1. The first-order valence-corrected chi connectivity index (χ1v) is 9.40. The fourth-order valence-corrected chi connectivity index (χ4v) is 3.03. The van der Waals surface area contributed by atoms with E-state index in [0.717, 1.165) is 18.6 Å². The van der Waals surface area contributed by atoms with Crippen LogP contribution in [0.5, 0.6) is 11.5 Å². The lowest BCUT2D eigenvalue weighted by Gasteiger charge is -2.27. The van der Waals surface area contributed by atoms with Gasteiger partial charge in [-0.05, 0) is 64.8 Å². The molecular weight excluding hydrogens is 362 g/mol. The summed E-state index contributed by atoms with van der Waals surface area (Å²) in [7, 11) is 1.61. The number of hydrogen-bond acceptors (Lipinski definition) is 7. The van der Waals surface area contributed by atoms with E-state index in [1.54, 1.807) is 12.0 Å². The minimum absolute atomic E-state index is 0.250. The SMILES string of the molecule is COc1ccc(O[C@@H](C)c2nc([C@H]3CCCN3C(=O)OC(C)(C)C)no2)cc1. The Morgan fingerprint density at radius 3 is 2.57 bits per heavy atom. The maximum Gasteiger partial charge on any atom is 0.410 e.